The lowest BCUT2D eigenvalue weighted by molar-refractivity contribution is -0.130. The molecule has 3 unspecified atom stereocenters. The number of nitrogens with two attached hydrogens (primary N) is 1. The molecule has 0 rings (SSSR count). The summed E-state index contributed by atoms with van der Waals surface area (Å²) in [4.78, 5) is 23.9. The molecule has 5 nitrogen and oxygen atoms in total. The van der Waals surface area contributed by atoms with Crippen LogP contribution in [-0.4, -0.2) is 36.0 Å². The van der Waals surface area contributed by atoms with Gasteiger partial charge in [-0.2, -0.15) is 0 Å². The van der Waals surface area contributed by atoms with Gasteiger partial charge in [-0.3, -0.25) is 9.59 Å². The molecule has 0 aliphatic heterocycles. The SMILES string of the molecule is C/C=C/C(CCO)C(C)C(=O)NC(CCCCN)C(C)=O. The van der Waals surface area contributed by atoms with Crippen molar-refractivity contribution in [2.24, 2.45) is 17.6 Å². The second-order valence-electron chi connectivity index (χ2n) is 5.45. The number of Topliss-reactive ketones (excluding diaryl/α,β-unsaturated/α-hetero) is 1. The van der Waals surface area contributed by atoms with Crippen LogP contribution in [0.2, 0.25) is 0 Å². The lowest BCUT2D eigenvalue weighted by Crippen LogP contribution is -2.43. The fraction of sp³-hybridized carbons (Fsp3) is 0.750. The minimum absolute atomic E-state index is 0.0170. The molecule has 0 bridgehead atoms. The molecule has 1 amide bonds. The number of hydrogen-bond acceptors (Lipinski definition) is 4. The van der Waals surface area contributed by atoms with E-state index in [0.29, 0.717) is 19.4 Å². The van der Waals surface area contributed by atoms with Crippen molar-refractivity contribution in [2.45, 2.75) is 52.5 Å². The third-order valence-electron chi connectivity index (χ3n) is 3.71. The first-order chi connectivity index (χ1) is 9.97. The molecule has 21 heavy (non-hydrogen) atoms. The molecule has 5 heteroatoms. The lowest BCUT2D eigenvalue weighted by Gasteiger charge is -2.23. The van der Waals surface area contributed by atoms with Gasteiger partial charge in [0.05, 0.1) is 6.04 Å². The Balaban J connectivity index is 4.60. The molecule has 122 valence electrons. The van der Waals surface area contributed by atoms with E-state index in [0.717, 1.165) is 12.8 Å². The van der Waals surface area contributed by atoms with Crippen molar-refractivity contribution in [1.29, 1.82) is 0 Å². The summed E-state index contributed by atoms with van der Waals surface area (Å²) in [5.74, 6) is -0.460. The van der Waals surface area contributed by atoms with E-state index in [4.69, 9.17) is 10.8 Å². The van der Waals surface area contributed by atoms with Gasteiger partial charge in [-0.05, 0) is 52.0 Å². The maximum Gasteiger partial charge on any atom is 0.224 e. The number of hydrogen-bond donors (Lipinski definition) is 3. The van der Waals surface area contributed by atoms with Crippen molar-refractivity contribution < 1.29 is 14.7 Å². The Morgan fingerprint density at radius 3 is 2.43 bits per heavy atom. The van der Waals surface area contributed by atoms with Crippen LogP contribution in [-0.2, 0) is 9.59 Å². The number of carbonyl (C=O) groups excluding carboxylic acids is 2. The third-order valence-corrected chi connectivity index (χ3v) is 3.71. The first-order valence-electron chi connectivity index (χ1n) is 7.72. The van der Waals surface area contributed by atoms with E-state index in [1.807, 2.05) is 26.0 Å². The predicted molar refractivity (Wildman–Crippen MR) is 84.7 cm³/mol. The maximum absolute atomic E-state index is 12.3. The minimum Gasteiger partial charge on any atom is -0.396 e. The number of aliphatic hydroxyl groups is 1. The van der Waals surface area contributed by atoms with E-state index in [1.54, 1.807) is 0 Å². The van der Waals surface area contributed by atoms with Gasteiger partial charge in [-0.15, -0.1) is 0 Å². The zero-order valence-corrected chi connectivity index (χ0v) is 13.5. The zero-order valence-electron chi connectivity index (χ0n) is 13.5. The van der Waals surface area contributed by atoms with Crippen molar-refractivity contribution in [3.05, 3.63) is 12.2 Å². The standard InChI is InChI=1S/C16H30N2O3/c1-4-7-14(9-11-19)12(2)16(21)18-15(13(3)20)8-5-6-10-17/h4,7,12,14-15,19H,5-6,8-11,17H2,1-3H3,(H,18,21)/b7-4+. The summed E-state index contributed by atoms with van der Waals surface area (Å²) in [6.07, 6.45) is 6.65. The number of rotatable bonds is 11. The van der Waals surface area contributed by atoms with Gasteiger partial charge >= 0.3 is 0 Å². The molecule has 0 aromatic carbocycles. The lowest BCUT2D eigenvalue weighted by atomic mass is 9.89. The number of ketones is 1. The average Bonchev–Trinajstić information content (AvgIpc) is 2.45. The molecule has 0 heterocycles. The topological polar surface area (TPSA) is 92.4 Å². The van der Waals surface area contributed by atoms with E-state index >= 15 is 0 Å². The number of aliphatic hydroxyl groups excluding tert-OH is 1. The van der Waals surface area contributed by atoms with Gasteiger partial charge < -0.3 is 16.2 Å². The second-order valence-corrected chi connectivity index (χ2v) is 5.45. The van der Waals surface area contributed by atoms with Crippen LogP contribution in [0.5, 0.6) is 0 Å². The molecule has 0 fully saturated rings. The number of carbonyl (C=O) groups is 2. The Morgan fingerprint density at radius 2 is 1.95 bits per heavy atom. The molecule has 0 saturated heterocycles. The van der Waals surface area contributed by atoms with Gasteiger partial charge in [-0.25, -0.2) is 0 Å². The summed E-state index contributed by atoms with van der Waals surface area (Å²) >= 11 is 0. The number of amides is 1. The molecule has 0 aromatic heterocycles. The molecule has 0 saturated carbocycles. The van der Waals surface area contributed by atoms with Crippen LogP contribution in [0.15, 0.2) is 12.2 Å². The van der Waals surface area contributed by atoms with Gasteiger partial charge in [-0.1, -0.05) is 19.1 Å². The van der Waals surface area contributed by atoms with Crippen molar-refractivity contribution in [2.75, 3.05) is 13.2 Å². The molecule has 3 atom stereocenters. The molecular weight excluding hydrogens is 268 g/mol. The molecule has 0 radical (unpaired) electrons. The fourth-order valence-corrected chi connectivity index (χ4v) is 2.28. The largest absolute Gasteiger partial charge is 0.396 e. The van der Waals surface area contributed by atoms with Crippen molar-refractivity contribution in [3.63, 3.8) is 0 Å². The van der Waals surface area contributed by atoms with E-state index in [1.165, 1.54) is 6.92 Å². The first-order valence-corrected chi connectivity index (χ1v) is 7.72. The van der Waals surface area contributed by atoms with Crippen molar-refractivity contribution >= 4 is 11.7 Å². The Kier molecular flexibility index (Phi) is 10.8. The minimum atomic E-state index is -0.438. The molecule has 0 aromatic rings. The van der Waals surface area contributed by atoms with Crippen LogP contribution in [0.3, 0.4) is 0 Å². The van der Waals surface area contributed by atoms with Crippen LogP contribution in [0.1, 0.15) is 46.5 Å². The van der Waals surface area contributed by atoms with Gasteiger partial charge in [0.25, 0.3) is 0 Å². The van der Waals surface area contributed by atoms with Gasteiger partial charge in [0.1, 0.15) is 0 Å². The van der Waals surface area contributed by atoms with Crippen molar-refractivity contribution in [3.8, 4) is 0 Å². The molecular formula is C16H30N2O3. The second kappa shape index (κ2) is 11.5. The monoisotopic (exact) mass is 298 g/mol. The summed E-state index contributed by atoms with van der Waals surface area (Å²) in [5.41, 5.74) is 5.44. The normalized spacial score (nSPS) is 15.7. The first kappa shape index (κ1) is 19.8. The van der Waals surface area contributed by atoms with Gasteiger partial charge in [0.15, 0.2) is 5.78 Å². The summed E-state index contributed by atoms with van der Waals surface area (Å²) in [5, 5.41) is 11.9. The highest BCUT2D eigenvalue weighted by Gasteiger charge is 2.25. The van der Waals surface area contributed by atoms with Crippen molar-refractivity contribution in [1.82, 2.24) is 5.32 Å². The van der Waals surface area contributed by atoms with Crippen LogP contribution >= 0.6 is 0 Å². The number of allylic oxidation sites excluding steroid dienone is 2. The Morgan fingerprint density at radius 1 is 1.29 bits per heavy atom. The van der Waals surface area contributed by atoms with Crippen LogP contribution < -0.4 is 11.1 Å². The Hall–Kier alpha value is -1.20. The summed E-state index contributed by atoms with van der Waals surface area (Å²) in [7, 11) is 0. The highest BCUT2D eigenvalue weighted by molar-refractivity contribution is 5.88. The van der Waals surface area contributed by atoms with E-state index in [2.05, 4.69) is 5.32 Å². The zero-order chi connectivity index (χ0) is 16.3. The number of unbranched alkanes of at least 4 members (excludes halogenated alkanes) is 1. The van der Waals surface area contributed by atoms with E-state index in [-0.39, 0.29) is 30.1 Å². The Labute approximate surface area is 128 Å². The quantitative estimate of drug-likeness (QED) is 0.397. The van der Waals surface area contributed by atoms with Crippen LogP contribution in [0, 0.1) is 11.8 Å². The highest BCUT2D eigenvalue weighted by atomic mass is 16.3. The molecule has 0 spiro atoms. The smallest absolute Gasteiger partial charge is 0.224 e. The maximum atomic E-state index is 12.3. The van der Waals surface area contributed by atoms with Crippen LogP contribution in [0.25, 0.3) is 0 Å². The third kappa shape index (κ3) is 7.97. The Bertz CT molecular complexity index is 342. The van der Waals surface area contributed by atoms with Gasteiger partial charge in [0.2, 0.25) is 5.91 Å². The van der Waals surface area contributed by atoms with E-state index in [9.17, 15) is 9.59 Å². The summed E-state index contributed by atoms with van der Waals surface area (Å²) in [6, 6.07) is -0.438. The molecule has 0 aliphatic carbocycles. The predicted octanol–water partition coefficient (Wildman–Crippen LogP) is 1.40. The molecule has 4 N–H and O–H groups in total. The van der Waals surface area contributed by atoms with Gasteiger partial charge in [0, 0.05) is 12.5 Å². The number of nitrogens with one attached hydrogen (secondary N) is 1. The van der Waals surface area contributed by atoms with E-state index < -0.39 is 6.04 Å². The summed E-state index contributed by atoms with van der Waals surface area (Å²) in [6.45, 7) is 5.84. The van der Waals surface area contributed by atoms with Crippen LogP contribution in [0.4, 0.5) is 0 Å². The fourth-order valence-electron chi connectivity index (χ4n) is 2.28. The highest BCUT2D eigenvalue weighted by Crippen LogP contribution is 2.18. The summed E-state index contributed by atoms with van der Waals surface area (Å²) < 4.78 is 0. The average molecular weight is 298 g/mol. The molecule has 0 aliphatic rings.